The van der Waals surface area contributed by atoms with E-state index in [2.05, 4.69) is 34.2 Å². The predicted octanol–water partition coefficient (Wildman–Crippen LogP) is 3.50. The summed E-state index contributed by atoms with van der Waals surface area (Å²) in [7, 11) is 0. The molecule has 0 spiro atoms. The summed E-state index contributed by atoms with van der Waals surface area (Å²) in [5.41, 5.74) is 0. The Bertz CT molecular complexity index is 644. The molecule has 0 atom stereocenters. The Labute approximate surface area is 140 Å². The van der Waals surface area contributed by atoms with Crippen molar-refractivity contribution in [1.82, 2.24) is 15.1 Å². The van der Waals surface area contributed by atoms with Gasteiger partial charge in [-0.3, -0.25) is 4.90 Å². The van der Waals surface area contributed by atoms with Crippen LogP contribution in [0.4, 0.5) is 18.3 Å². The van der Waals surface area contributed by atoms with Crippen molar-refractivity contribution in [3.63, 3.8) is 0 Å². The van der Waals surface area contributed by atoms with E-state index in [4.69, 9.17) is 0 Å². The molecule has 0 radical (unpaired) electrons. The first kappa shape index (κ1) is 16.7. The van der Waals surface area contributed by atoms with Crippen LogP contribution in [-0.2, 0) is 19.1 Å². The number of thiophene rings is 1. The lowest BCUT2D eigenvalue weighted by Crippen LogP contribution is -2.45. The molecule has 0 bridgehead atoms. The van der Waals surface area contributed by atoms with Crippen LogP contribution in [0.2, 0.25) is 0 Å². The average molecular weight is 362 g/mol. The number of alkyl halides is 3. The Morgan fingerprint density at radius 3 is 2.30 bits per heavy atom. The summed E-state index contributed by atoms with van der Waals surface area (Å²) in [6.45, 7) is 6.05. The van der Waals surface area contributed by atoms with E-state index in [1.165, 1.54) is 9.75 Å². The van der Waals surface area contributed by atoms with Crippen molar-refractivity contribution in [2.45, 2.75) is 26.1 Å². The Balaban J connectivity index is 1.55. The summed E-state index contributed by atoms with van der Waals surface area (Å²) in [6.07, 6.45) is -3.36. The van der Waals surface area contributed by atoms with Gasteiger partial charge in [0.1, 0.15) is 0 Å². The molecule has 1 saturated heterocycles. The molecule has 1 fully saturated rings. The van der Waals surface area contributed by atoms with Gasteiger partial charge in [-0.2, -0.15) is 13.2 Å². The first-order chi connectivity index (χ1) is 11.0. The smallest absolute Gasteiger partial charge is 0.344 e. The van der Waals surface area contributed by atoms with Crippen LogP contribution in [0.25, 0.3) is 0 Å². The highest BCUT2D eigenvalue weighted by Crippen LogP contribution is 2.34. The van der Waals surface area contributed by atoms with E-state index in [9.17, 15) is 13.2 Å². The number of rotatable bonds is 4. The first-order valence-electron chi connectivity index (χ1n) is 7.41. The summed E-state index contributed by atoms with van der Waals surface area (Å²) < 4.78 is 37.8. The maximum atomic E-state index is 12.6. The van der Waals surface area contributed by atoms with E-state index in [1.54, 1.807) is 0 Å². The average Bonchev–Trinajstić information content (AvgIpc) is 3.16. The molecule has 126 valence electrons. The molecule has 9 heteroatoms. The number of nitrogens with zero attached hydrogens (tertiary/aromatic N) is 4. The van der Waals surface area contributed by atoms with Crippen molar-refractivity contribution in [2.75, 3.05) is 31.1 Å². The molecule has 4 nitrogen and oxygen atoms in total. The normalized spacial score (nSPS) is 17.0. The third-order valence-electron chi connectivity index (χ3n) is 3.74. The molecule has 3 heterocycles. The van der Waals surface area contributed by atoms with E-state index < -0.39 is 11.2 Å². The van der Waals surface area contributed by atoms with Gasteiger partial charge in [0.15, 0.2) is 0 Å². The zero-order chi connectivity index (χ0) is 16.4. The molecule has 2 aromatic heterocycles. The number of hydrogen-bond donors (Lipinski definition) is 0. The van der Waals surface area contributed by atoms with E-state index in [0.717, 1.165) is 26.1 Å². The second-order valence-electron chi connectivity index (χ2n) is 5.37. The standard InChI is InChI=1S/C14H17F3N4S2/c1-2-10-3-4-11(22-10)9-20-5-7-21(8-6-20)13-19-18-12(23-13)14(15,16)17/h3-4H,2,5-9H2,1H3. The largest absolute Gasteiger partial charge is 0.445 e. The Kier molecular flexibility index (Phi) is 4.88. The van der Waals surface area contributed by atoms with Crippen LogP contribution in [0.5, 0.6) is 0 Å². The topological polar surface area (TPSA) is 32.3 Å². The minimum Gasteiger partial charge on any atom is -0.344 e. The molecular formula is C14H17F3N4S2. The van der Waals surface area contributed by atoms with E-state index >= 15 is 0 Å². The quantitative estimate of drug-likeness (QED) is 0.833. The minimum absolute atomic E-state index is 0.362. The van der Waals surface area contributed by atoms with E-state index in [1.807, 2.05) is 16.2 Å². The fourth-order valence-electron chi connectivity index (χ4n) is 2.47. The van der Waals surface area contributed by atoms with Crippen molar-refractivity contribution in [3.8, 4) is 0 Å². The van der Waals surface area contributed by atoms with Gasteiger partial charge in [0, 0.05) is 42.5 Å². The van der Waals surface area contributed by atoms with Crippen molar-refractivity contribution in [1.29, 1.82) is 0 Å². The zero-order valence-electron chi connectivity index (χ0n) is 12.6. The van der Waals surface area contributed by atoms with Gasteiger partial charge < -0.3 is 4.90 Å². The highest BCUT2D eigenvalue weighted by molar-refractivity contribution is 7.15. The molecule has 0 amide bonds. The molecule has 0 unspecified atom stereocenters. The summed E-state index contributed by atoms with van der Waals surface area (Å²) in [5, 5.41) is 6.43. The van der Waals surface area contributed by atoms with Gasteiger partial charge in [-0.05, 0) is 18.6 Å². The molecule has 0 N–H and O–H groups in total. The lowest BCUT2D eigenvalue weighted by Gasteiger charge is -2.34. The van der Waals surface area contributed by atoms with Crippen LogP contribution in [0.3, 0.4) is 0 Å². The number of aromatic nitrogens is 2. The molecule has 0 aromatic carbocycles. The Morgan fingerprint density at radius 2 is 1.74 bits per heavy atom. The van der Waals surface area contributed by atoms with E-state index in [0.29, 0.717) is 29.6 Å². The van der Waals surface area contributed by atoms with Crippen molar-refractivity contribution < 1.29 is 13.2 Å². The molecular weight excluding hydrogens is 345 g/mol. The first-order valence-corrected chi connectivity index (χ1v) is 9.04. The van der Waals surface area contributed by atoms with Crippen LogP contribution in [0, 0.1) is 0 Å². The van der Waals surface area contributed by atoms with Gasteiger partial charge in [0.25, 0.3) is 0 Å². The molecule has 2 aromatic rings. The van der Waals surface area contributed by atoms with Crippen LogP contribution >= 0.6 is 22.7 Å². The number of halogens is 3. The molecule has 23 heavy (non-hydrogen) atoms. The number of piperazine rings is 1. The van der Waals surface area contributed by atoms with Gasteiger partial charge in [-0.1, -0.05) is 18.3 Å². The lowest BCUT2D eigenvalue weighted by molar-refractivity contribution is -0.138. The fourth-order valence-corrected chi connectivity index (χ4v) is 4.24. The monoisotopic (exact) mass is 362 g/mol. The van der Waals surface area contributed by atoms with Gasteiger partial charge in [-0.15, -0.1) is 21.5 Å². The Morgan fingerprint density at radius 1 is 1.04 bits per heavy atom. The van der Waals surface area contributed by atoms with Gasteiger partial charge in [0.05, 0.1) is 0 Å². The van der Waals surface area contributed by atoms with Crippen LogP contribution < -0.4 is 4.90 Å². The molecule has 3 rings (SSSR count). The third-order valence-corrected chi connectivity index (χ3v) is 5.99. The highest BCUT2D eigenvalue weighted by atomic mass is 32.1. The predicted molar refractivity (Wildman–Crippen MR) is 86.1 cm³/mol. The fraction of sp³-hybridized carbons (Fsp3) is 0.571. The molecule has 1 aliphatic rings. The maximum absolute atomic E-state index is 12.6. The van der Waals surface area contributed by atoms with Crippen molar-refractivity contribution >= 4 is 27.8 Å². The third kappa shape index (κ3) is 4.02. The van der Waals surface area contributed by atoms with Crippen molar-refractivity contribution in [2.24, 2.45) is 0 Å². The number of aryl methyl sites for hydroxylation is 1. The summed E-state index contributed by atoms with van der Waals surface area (Å²) in [5.74, 6) is 0. The van der Waals surface area contributed by atoms with Gasteiger partial charge >= 0.3 is 6.18 Å². The minimum atomic E-state index is -4.41. The summed E-state index contributed by atoms with van der Waals surface area (Å²) in [4.78, 5) is 6.93. The zero-order valence-corrected chi connectivity index (χ0v) is 14.3. The Hall–Kier alpha value is -1.19. The summed E-state index contributed by atoms with van der Waals surface area (Å²) >= 11 is 2.45. The second kappa shape index (κ2) is 6.74. The SMILES string of the molecule is CCc1ccc(CN2CCN(c3nnc(C(F)(F)F)s3)CC2)s1. The molecule has 0 aliphatic carbocycles. The second-order valence-corrected chi connectivity index (χ2v) is 7.58. The summed E-state index contributed by atoms with van der Waals surface area (Å²) in [6, 6.07) is 4.33. The van der Waals surface area contributed by atoms with E-state index in [-0.39, 0.29) is 0 Å². The molecule has 0 saturated carbocycles. The van der Waals surface area contributed by atoms with Gasteiger partial charge in [0.2, 0.25) is 10.1 Å². The number of anilines is 1. The lowest BCUT2D eigenvalue weighted by atomic mass is 10.3. The maximum Gasteiger partial charge on any atom is 0.445 e. The van der Waals surface area contributed by atoms with Crippen LogP contribution in [0.1, 0.15) is 21.7 Å². The van der Waals surface area contributed by atoms with Crippen LogP contribution in [0.15, 0.2) is 12.1 Å². The highest BCUT2D eigenvalue weighted by Gasteiger charge is 2.36. The van der Waals surface area contributed by atoms with Crippen molar-refractivity contribution in [3.05, 3.63) is 26.9 Å². The number of hydrogen-bond acceptors (Lipinski definition) is 6. The van der Waals surface area contributed by atoms with Crippen LogP contribution in [-0.4, -0.2) is 41.3 Å². The molecule has 1 aliphatic heterocycles. The van der Waals surface area contributed by atoms with Gasteiger partial charge in [-0.25, -0.2) is 0 Å².